The van der Waals surface area contributed by atoms with Crippen molar-refractivity contribution in [3.8, 4) is 0 Å². The maximum absolute atomic E-state index is 10.0. The number of furan rings is 1. The normalized spacial score (nSPS) is 25.6. The predicted molar refractivity (Wildman–Crippen MR) is 53.9 cm³/mol. The summed E-state index contributed by atoms with van der Waals surface area (Å²) in [6.45, 7) is 1.00. The molecule has 0 aromatic carbocycles. The van der Waals surface area contributed by atoms with Crippen molar-refractivity contribution in [2.45, 2.75) is 37.8 Å². The van der Waals surface area contributed by atoms with Gasteiger partial charge in [0.1, 0.15) is 11.9 Å². The van der Waals surface area contributed by atoms with Crippen molar-refractivity contribution in [3.63, 3.8) is 0 Å². The third-order valence-electron chi connectivity index (χ3n) is 2.81. The molecule has 1 fully saturated rings. The molecule has 1 aromatic heterocycles. The summed E-state index contributed by atoms with van der Waals surface area (Å²) < 4.78 is 5.20. The monoisotopic (exact) mass is 195 g/mol. The summed E-state index contributed by atoms with van der Waals surface area (Å²) in [7, 11) is 0. The van der Waals surface area contributed by atoms with Crippen LogP contribution in [0.3, 0.4) is 0 Å². The van der Waals surface area contributed by atoms with Gasteiger partial charge in [0.15, 0.2) is 0 Å². The molecular formula is C11H17NO2. The van der Waals surface area contributed by atoms with Crippen molar-refractivity contribution in [1.82, 2.24) is 5.32 Å². The van der Waals surface area contributed by atoms with Crippen LogP contribution < -0.4 is 5.32 Å². The van der Waals surface area contributed by atoms with E-state index in [0.29, 0.717) is 5.76 Å². The third kappa shape index (κ3) is 2.16. The van der Waals surface area contributed by atoms with Crippen LogP contribution in [0.15, 0.2) is 22.8 Å². The van der Waals surface area contributed by atoms with Gasteiger partial charge in [-0.05, 0) is 31.5 Å². The molecule has 0 amide bonds. The highest BCUT2D eigenvalue weighted by molar-refractivity contribution is 5.04. The van der Waals surface area contributed by atoms with Crippen molar-refractivity contribution < 1.29 is 9.52 Å². The summed E-state index contributed by atoms with van der Waals surface area (Å²) >= 11 is 0. The molecule has 2 rings (SSSR count). The van der Waals surface area contributed by atoms with Crippen LogP contribution in [-0.2, 0) is 0 Å². The van der Waals surface area contributed by atoms with E-state index in [4.69, 9.17) is 4.42 Å². The average Bonchev–Trinajstić information content (AvgIpc) is 2.59. The molecule has 0 bridgehead atoms. The Morgan fingerprint density at radius 3 is 3.14 bits per heavy atom. The first-order chi connectivity index (χ1) is 6.88. The summed E-state index contributed by atoms with van der Waals surface area (Å²) in [6, 6.07) is 3.80. The van der Waals surface area contributed by atoms with Crippen molar-refractivity contribution >= 4 is 0 Å². The number of hydrogen-bond acceptors (Lipinski definition) is 3. The van der Waals surface area contributed by atoms with Crippen LogP contribution in [0, 0.1) is 0 Å². The zero-order valence-electron chi connectivity index (χ0n) is 8.28. The molecule has 1 saturated heterocycles. The Balaban J connectivity index is 1.99. The average molecular weight is 195 g/mol. The van der Waals surface area contributed by atoms with Crippen LogP contribution in [0.2, 0.25) is 0 Å². The summed E-state index contributed by atoms with van der Waals surface area (Å²) in [5, 5.41) is 13.4. The van der Waals surface area contributed by atoms with Crippen molar-refractivity contribution in [3.05, 3.63) is 24.2 Å². The Kier molecular flexibility index (Phi) is 3.22. The van der Waals surface area contributed by atoms with Crippen molar-refractivity contribution in [2.75, 3.05) is 6.54 Å². The Labute approximate surface area is 84.1 Å². The second kappa shape index (κ2) is 4.62. The van der Waals surface area contributed by atoms with Gasteiger partial charge in [-0.3, -0.25) is 0 Å². The molecule has 2 atom stereocenters. The van der Waals surface area contributed by atoms with Crippen LogP contribution in [0.5, 0.6) is 0 Å². The zero-order chi connectivity index (χ0) is 9.80. The third-order valence-corrected chi connectivity index (χ3v) is 2.81. The van der Waals surface area contributed by atoms with Crippen LogP contribution in [-0.4, -0.2) is 17.7 Å². The lowest BCUT2D eigenvalue weighted by Gasteiger charge is -2.20. The van der Waals surface area contributed by atoms with Gasteiger partial charge in [-0.1, -0.05) is 12.8 Å². The zero-order valence-corrected chi connectivity index (χ0v) is 8.28. The van der Waals surface area contributed by atoms with Gasteiger partial charge in [0.05, 0.1) is 6.26 Å². The fourth-order valence-electron chi connectivity index (χ4n) is 1.98. The molecule has 0 aliphatic carbocycles. The summed E-state index contributed by atoms with van der Waals surface area (Å²) in [4.78, 5) is 0. The fraction of sp³-hybridized carbons (Fsp3) is 0.636. The van der Waals surface area contributed by atoms with E-state index < -0.39 is 6.10 Å². The van der Waals surface area contributed by atoms with Crippen molar-refractivity contribution in [2.24, 2.45) is 0 Å². The lowest BCUT2D eigenvalue weighted by atomic mass is 10.0. The van der Waals surface area contributed by atoms with E-state index in [1.54, 1.807) is 6.26 Å². The molecule has 2 unspecified atom stereocenters. The van der Waals surface area contributed by atoms with Gasteiger partial charge in [0, 0.05) is 6.04 Å². The van der Waals surface area contributed by atoms with E-state index >= 15 is 0 Å². The first-order valence-corrected chi connectivity index (χ1v) is 5.33. The van der Waals surface area contributed by atoms with E-state index in [9.17, 15) is 5.11 Å². The van der Waals surface area contributed by atoms with E-state index in [1.807, 2.05) is 12.1 Å². The molecule has 0 radical (unpaired) electrons. The molecule has 0 saturated carbocycles. The first-order valence-electron chi connectivity index (χ1n) is 5.33. The molecule has 2 N–H and O–H groups in total. The Bertz CT molecular complexity index is 250. The van der Waals surface area contributed by atoms with Crippen LogP contribution in [0.4, 0.5) is 0 Å². The van der Waals surface area contributed by atoms with Crippen LogP contribution in [0.25, 0.3) is 0 Å². The molecule has 0 spiro atoms. The highest BCUT2D eigenvalue weighted by Gasteiger charge is 2.23. The second-order valence-electron chi connectivity index (χ2n) is 3.87. The molecule has 78 valence electrons. The maximum atomic E-state index is 10.0. The highest BCUT2D eigenvalue weighted by atomic mass is 16.4. The minimum atomic E-state index is -0.497. The van der Waals surface area contributed by atoms with Crippen LogP contribution in [0.1, 0.15) is 37.5 Å². The highest BCUT2D eigenvalue weighted by Crippen LogP contribution is 2.22. The van der Waals surface area contributed by atoms with Gasteiger partial charge in [-0.2, -0.15) is 0 Å². The standard InChI is InChI=1S/C11H17NO2/c13-11(10-6-4-8-14-10)9-5-2-1-3-7-12-9/h4,6,8-9,11-13H,1-3,5,7H2. The number of aliphatic hydroxyl groups is 1. The lowest BCUT2D eigenvalue weighted by molar-refractivity contribution is 0.103. The van der Waals surface area contributed by atoms with Crippen molar-refractivity contribution in [1.29, 1.82) is 0 Å². The number of aliphatic hydroxyl groups excluding tert-OH is 1. The summed E-state index contributed by atoms with van der Waals surface area (Å²) in [5.74, 6) is 0.671. The van der Waals surface area contributed by atoms with Gasteiger partial charge in [0.2, 0.25) is 0 Å². The van der Waals surface area contributed by atoms with Gasteiger partial charge in [0.25, 0.3) is 0 Å². The molecule has 14 heavy (non-hydrogen) atoms. The minimum absolute atomic E-state index is 0.156. The first kappa shape index (κ1) is 9.74. The lowest BCUT2D eigenvalue weighted by Crippen LogP contribution is -2.34. The number of rotatable bonds is 2. The van der Waals surface area contributed by atoms with Gasteiger partial charge in [-0.25, -0.2) is 0 Å². The van der Waals surface area contributed by atoms with E-state index in [1.165, 1.54) is 19.3 Å². The van der Waals surface area contributed by atoms with Gasteiger partial charge >= 0.3 is 0 Å². The molecule has 1 aromatic rings. The van der Waals surface area contributed by atoms with E-state index in [-0.39, 0.29) is 6.04 Å². The molecule has 1 aliphatic heterocycles. The molecular weight excluding hydrogens is 178 g/mol. The molecule has 3 heteroatoms. The largest absolute Gasteiger partial charge is 0.467 e. The van der Waals surface area contributed by atoms with Gasteiger partial charge < -0.3 is 14.8 Å². The minimum Gasteiger partial charge on any atom is -0.467 e. The Morgan fingerprint density at radius 2 is 2.36 bits per heavy atom. The Morgan fingerprint density at radius 1 is 1.43 bits per heavy atom. The summed E-state index contributed by atoms with van der Waals surface area (Å²) in [6.07, 6.45) is 5.80. The maximum Gasteiger partial charge on any atom is 0.133 e. The van der Waals surface area contributed by atoms with Gasteiger partial charge in [-0.15, -0.1) is 0 Å². The topological polar surface area (TPSA) is 45.4 Å². The molecule has 3 nitrogen and oxygen atoms in total. The molecule has 2 heterocycles. The van der Waals surface area contributed by atoms with Crippen LogP contribution >= 0.6 is 0 Å². The smallest absolute Gasteiger partial charge is 0.133 e. The predicted octanol–water partition coefficient (Wildman–Crippen LogP) is 1.85. The quantitative estimate of drug-likeness (QED) is 0.757. The number of hydrogen-bond donors (Lipinski definition) is 2. The Hall–Kier alpha value is -0.800. The fourth-order valence-corrected chi connectivity index (χ4v) is 1.98. The van der Waals surface area contributed by atoms with E-state index in [0.717, 1.165) is 13.0 Å². The second-order valence-corrected chi connectivity index (χ2v) is 3.87. The summed E-state index contributed by atoms with van der Waals surface area (Å²) in [5.41, 5.74) is 0. The number of nitrogens with one attached hydrogen (secondary N) is 1. The SMILES string of the molecule is OC(c1ccco1)C1CCCCCN1. The van der Waals surface area contributed by atoms with E-state index in [2.05, 4.69) is 5.32 Å². The molecule has 1 aliphatic rings.